The predicted octanol–water partition coefficient (Wildman–Crippen LogP) is 5.57. The molecule has 0 aliphatic heterocycles. The van der Waals surface area contributed by atoms with Crippen molar-refractivity contribution in [3.63, 3.8) is 0 Å². The lowest BCUT2D eigenvalue weighted by atomic mass is 10.2. The van der Waals surface area contributed by atoms with Gasteiger partial charge in [-0.2, -0.15) is 0 Å². The van der Waals surface area contributed by atoms with Gasteiger partial charge in [-0.15, -0.1) is 11.3 Å². The molecule has 1 heterocycles. The third-order valence-corrected chi connectivity index (χ3v) is 5.03. The number of rotatable bonds is 7. The van der Waals surface area contributed by atoms with Crippen molar-refractivity contribution in [2.24, 2.45) is 0 Å². The minimum absolute atomic E-state index is 0.576. The zero-order chi connectivity index (χ0) is 15.2. The zero-order valence-electron chi connectivity index (χ0n) is 12.4. The molecule has 1 aromatic heterocycles. The molecule has 0 saturated heterocycles. The van der Waals surface area contributed by atoms with Gasteiger partial charge in [-0.1, -0.05) is 49.5 Å². The standard InChI is InChI=1S/C16H20Cl2N2S/c1-3-5-14-15(10-19-8-4-2)21-16(20-14)11-6-7-12(17)13(18)9-11/h6-7,9,19H,3-5,8,10H2,1-2H3. The van der Waals surface area contributed by atoms with Crippen molar-refractivity contribution in [2.75, 3.05) is 6.54 Å². The van der Waals surface area contributed by atoms with E-state index in [1.165, 1.54) is 10.6 Å². The summed E-state index contributed by atoms with van der Waals surface area (Å²) in [6.07, 6.45) is 3.26. The van der Waals surface area contributed by atoms with E-state index in [0.717, 1.165) is 42.9 Å². The van der Waals surface area contributed by atoms with Crippen LogP contribution in [0.25, 0.3) is 10.6 Å². The fourth-order valence-electron chi connectivity index (χ4n) is 2.08. The second-order valence-corrected chi connectivity index (χ2v) is 6.84. The summed E-state index contributed by atoms with van der Waals surface area (Å²) < 4.78 is 0. The van der Waals surface area contributed by atoms with Crippen LogP contribution >= 0.6 is 34.5 Å². The van der Waals surface area contributed by atoms with Gasteiger partial charge in [0, 0.05) is 17.0 Å². The van der Waals surface area contributed by atoms with E-state index in [9.17, 15) is 0 Å². The molecule has 2 aromatic rings. The van der Waals surface area contributed by atoms with Gasteiger partial charge in [0.2, 0.25) is 0 Å². The van der Waals surface area contributed by atoms with Crippen molar-refractivity contribution in [1.29, 1.82) is 0 Å². The normalized spacial score (nSPS) is 11.0. The van der Waals surface area contributed by atoms with Gasteiger partial charge in [0.25, 0.3) is 0 Å². The summed E-state index contributed by atoms with van der Waals surface area (Å²) in [5.74, 6) is 0. The SMILES string of the molecule is CCCNCc1sc(-c2ccc(Cl)c(Cl)c2)nc1CCC. The highest BCUT2D eigenvalue weighted by Crippen LogP contribution is 2.32. The summed E-state index contributed by atoms with van der Waals surface area (Å²) in [6, 6.07) is 5.70. The number of halogens is 2. The first kappa shape index (κ1) is 16.8. The molecule has 0 radical (unpaired) electrons. The molecule has 2 nitrogen and oxygen atoms in total. The highest BCUT2D eigenvalue weighted by atomic mass is 35.5. The second-order valence-electron chi connectivity index (χ2n) is 4.94. The van der Waals surface area contributed by atoms with Crippen LogP contribution in [-0.4, -0.2) is 11.5 Å². The summed E-state index contributed by atoms with van der Waals surface area (Å²) in [7, 11) is 0. The minimum Gasteiger partial charge on any atom is -0.312 e. The van der Waals surface area contributed by atoms with Gasteiger partial charge in [-0.05, 0) is 31.5 Å². The predicted molar refractivity (Wildman–Crippen MR) is 93.6 cm³/mol. The number of nitrogens with zero attached hydrogens (tertiary/aromatic N) is 1. The van der Waals surface area contributed by atoms with E-state index in [-0.39, 0.29) is 0 Å². The van der Waals surface area contributed by atoms with Crippen molar-refractivity contribution in [2.45, 2.75) is 39.7 Å². The lowest BCUT2D eigenvalue weighted by Gasteiger charge is -2.02. The quantitative estimate of drug-likeness (QED) is 0.665. The number of thiazole rings is 1. The van der Waals surface area contributed by atoms with Crippen molar-refractivity contribution in [3.8, 4) is 10.6 Å². The summed E-state index contributed by atoms with van der Waals surface area (Å²) in [6.45, 7) is 6.28. The lowest BCUT2D eigenvalue weighted by Crippen LogP contribution is -2.13. The van der Waals surface area contributed by atoms with Crippen LogP contribution < -0.4 is 5.32 Å². The maximum Gasteiger partial charge on any atom is 0.123 e. The molecule has 0 unspecified atom stereocenters. The highest BCUT2D eigenvalue weighted by molar-refractivity contribution is 7.15. The largest absolute Gasteiger partial charge is 0.312 e. The molecule has 0 spiro atoms. The third-order valence-electron chi connectivity index (χ3n) is 3.14. The topological polar surface area (TPSA) is 24.9 Å². The molecule has 5 heteroatoms. The van der Waals surface area contributed by atoms with Crippen molar-refractivity contribution >= 4 is 34.5 Å². The summed E-state index contributed by atoms with van der Waals surface area (Å²) in [4.78, 5) is 6.12. The van der Waals surface area contributed by atoms with Gasteiger partial charge in [0.1, 0.15) is 5.01 Å². The van der Waals surface area contributed by atoms with Crippen LogP contribution in [0, 0.1) is 0 Å². The van der Waals surface area contributed by atoms with Crippen LogP contribution in [0.5, 0.6) is 0 Å². The molecular formula is C16H20Cl2N2S. The van der Waals surface area contributed by atoms with Crippen molar-refractivity contribution in [1.82, 2.24) is 10.3 Å². The Morgan fingerprint density at radius 2 is 1.95 bits per heavy atom. The lowest BCUT2D eigenvalue weighted by molar-refractivity contribution is 0.674. The highest BCUT2D eigenvalue weighted by Gasteiger charge is 2.12. The Labute approximate surface area is 140 Å². The van der Waals surface area contributed by atoms with Crippen LogP contribution in [0.2, 0.25) is 10.0 Å². The van der Waals surface area contributed by atoms with E-state index in [4.69, 9.17) is 28.2 Å². The molecule has 2 rings (SSSR count). The number of aryl methyl sites for hydroxylation is 1. The van der Waals surface area contributed by atoms with Crippen molar-refractivity contribution in [3.05, 3.63) is 38.8 Å². The Kier molecular flexibility index (Phi) is 6.49. The fourth-order valence-corrected chi connectivity index (χ4v) is 3.46. The Bertz CT molecular complexity index is 596. The molecule has 0 amide bonds. The number of hydrogen-bond donors (Lipinski definition) is 1. The minimum atomic E-state index is 0.576. The third kappa shape index (κ3) is 4.43. The van der Waals surface area contributed by atoms with E-state index in [1.54, 1.807) is 11.3 Å². The second kappa shape index (κ2) is 8.14. The molecule has 0 atom stereocenters. The molecule has 114 valence electrons. The number of hydrogen-bond acceptors (Lipinski definition) is 3. The van der Waals surface area contributed by atoms with Crippen LogP contribution in [0.15, 0.2) is 18.2 Å². The van der Waals surface area contributed by atoms with Crippen LogP contribution in [-0.2, 0) is 13.0 Å². The number of nitrogens with one attached hydrogen (secondary N) is 1. The Morgan fingerprint density at radius 3 is 2.62 bits per heavy atom. The number of benzene rings is 1. The first-order chi connectivity index (χ1) is 10.2. The molecule has 0 aliphatic rings. The van der Waals surface area contributed by atoms with Crippen LogP contribution in [0.4, 0.5) is 0 Å². The summed E-state index contributed by atoms with van der Waals surface area (Å²) in [5.41, 5.74) is 2.24. The first-order valence-electron chi connectivity index (χ1n) is 7.30. The smallest absolute Gasteiger partial charge is 0.123 e. The van der Waals surface area contributed by atoms with Gasteiger partial charge in [0.05, 0.1) is 15.7 Å². The number of aromatic nitrogens is 1. The maximum absolute atomic E-state index is 6.11. The Hall–Kier alpha value is -0.610. The zero-order valence-corrected chi connectivity index (χ0v) is 14.7. The molecule has 21 heavy (non-hydrogen) atoms. The summed E-state index contributed by atoms with van der Waals surface area (Å²) in [5, 5.41) is 5.63. The van der Waals surface area contributed by atoms with Crippen molar-refractivity contribution < 1.29 is 0 Å². The molecular weight excluding hydrogens is 323 g/mol. The van der Waals surface area contributed by atoms with Gasteiger partial charge < -0.3 is 5.32 Å². The van der Waals surface area contributed by atoms with Crippen LogP contribution in [0.3, 0.4) is 0 Å². The molecule has 0 bridgehead atoms. The van der Waals surface area contributed by atoms with E-state index in [1.807, 2.05) is 18.2 Å². The van der Waals surface area contributed by atoms with Gasteiger partial charge in [0.15, 0.2) is 0 Å². The van der Waals surface area contributed by atoms with E-state index in [2.05, 4.69) is 19.2 Å². The van der Waals surface area contributed by atoms with Gasteiger partial charge in [-0.3, -0.25) is 0 Å². The first-order valence-corrected chi connectivity index (χ1v) is 8.87. The van der Waals surface area contributed by atoms with Gasteiger partial charge >= 0.3 is 0 Å². The van der Waals surface area contributed by atoms with E-state index >= 15 is 0 Å². The average molecular weight is 343 g/mol. The summed E-state index contributed by atoms with van der Waals surface area (Å²) >= 11 is 13.8. The molecule has 1 aromatic carbocycles. The monoisotopic (exact) mass is 342 g/mol. The van der Waals surface area contributed by atoms with E-state index in [0.29, 0.717) is 10.0 Å². The Morgan fingerprint density at radius 1 is 1.14 bits per heavy atom. The van der Waals surface area contributed by atoms with Crippen LogP contribution in [0.1, 0.15) is 37.3 Å². The average Bonchev–Trinajstić information content (AvgIpc) is 2.86. The molecule has 0 saturated carbocycles. The van der Waals surface area contributed by atoms with E-state index < -0.39 is 0 Å². The maximum atomic E-state index is 6.11. The fraction of sp³-hybridized carbons (Fsp3) is 0.438. The Balaban J connectivity index is 2.26. The molecule has 0 fully saturated rings. The molecule has 1 N–H and O–H groups in total. The van der Waals surface area contributed by atoms with Gasteiger partial charge in [-0.25, -0.2) is 4.98 Å². The molecule has 0 aliphatic carbocycles.